The summed E-state index contributed by atoms with van der Waals surface area (Å²) in [7, 11) is 0. The molecule has 0 aliphatic heterocycles. The van der Waals surface area contributed by atoms with Gasteiger partial charge in [0.1, 0.15) is 5.75 Å². The predicted molar refractivity (Wildman–Crippen MR) is 80.2 cm³/mol. The molecule has 3 aromatic rings. The summed E-state index contributed by atoms with van der Waals surface area (Å²) in [6, 6.07) is 9.46. The van der Waals surface area contributed by atoms with Crippen LogP contribution in [0.15, 0.2) is 48.9 Å². The molecule has 3 rings (SSSR count). The number of hydrogen-bond acceptors (Lipinski definition) is 3. The van der Waals surface area contributed by atoms with Gasteiger partial charge in [0.25, 0.3) is 5.91 Å². The van der Waals surface area contributed by atoms with Crippen molar-refractivity contribution in [1.29, 1.82) is 0 Å². The van der Waals surface area contributed by atoms with E-state index in [0.717, 1.165) is 11.9 Å². The molecule has 3 N–H and O–H groups in total. The third kappa shape index (κ3) is 2.86. The number of aromatic hydroxyl groups is 1. The standard InChI is InChI=1S/C16H15N3O2/c20-13-7-12(8-17-10-13)16(21)18-6-5-11-9-19-15-4-2-1-3-14(11)15/h1-4,7-10,19-20H,5-6H2,(H,18,21). The number of para-hydroxylation sites is 1. The molecule has 5 heteroatoms. The zero-order chi connectivity index (χ0) is 14.7. The monoisotopic (exact) mass is 281 g/mol. The summed E-state index contributed by atoms with van der Waals surface area (Å²) in [4.78, 5) is 18.9. The highest BCUT2D eigenvalue weighted by molar-refractivity contribution is 5.94. The molecule has 2 heterocycles. The first kappa shape index (κ1) is 13.2. The molecule has 0 bridgehead atoms. The maximum Gasteiger partial charge on any atom is 0.252 e. The predicted octanol–water partition coefficient (Wildman–Crippen LogP) is 2.24. The first-order valence-electron chi connectivity index (χ1n) is 6.71. The van der Waals surface area contributed by atoms with Gasteiger partial charge in [-0.15, -0.1) is 0 Å². The number of hydrogen-bond donors (Lipinski definition) is 3. The number of amides is 1. The molecule has 21 heavy (non-hydrogen) atoms. The van der Waals surface area contributed by atoms with Crippen LogP contribution in [0.5, 0.6) is 5.75 Å². The van der Waals surface area contributed by atoms with Crippen molar-refractivity contribution in [3.63, 3.8) is 0 Å². The molecule has 1 amide bonds. The maximum absolute atomic E-state index is 11.9. The Bertz CT molecular complexity index is 780. The maximum atomic E-state index is 11.9. The number of fused-ring (bicyclic) bond motifs is 1. The Kier molecular flexibility index (Phi) is 3.55. The van der Waals surface area contributed by atoms with Crippen molar-refractivity contribution in [1.82, 2.24) is 15.3 Å². The lowest BCUT2D eigenvalue weighted by molar-refractivity contribution is 0.0953. The summed E-state index contributed by atoms with van der Waals surface area (Å²) in [6.45, 7) is 0.524. The summed E-state index contributed by atoms with van der Waals surface area (Å²) in [5.41, 5.74) is 2.62. The van der Waals surface area contributed by atoms with Gasteiger partial charge in [-0.2, -0.15) is 0 Å². The Morgan fingerprint density at radius 3 is 3.00 bits per heavy atom. The third-order valence-electron chi connectivity index (χ3n) is 3.34. The molecular weight excluding hydrogens is 266 g/mol. The van der Waals surface area contributed by atoms with Gasteiger partial charge in [-0.1, -0.05) is 18.2 Å². The molecule has 106 valence electrons. The van der Waals surface area contributed by atoms with E-state index in [1.165, 1.54) is 29.4 Å². The lowest BCUT2D eigenvalue weighted by Gasteiger charge is -2.05. The average molecular weight is 281 g/mol. The number of rotatable bonds is 4. The molecule has 2 aromatic heterocycles. The van der Waals surface area contributed by atoms with Crippen LogP contribution in [0.3, 0.4) is 0 Å². The minimum absolute atomic E-state index is 0.0146. The third-order valence-corrected chi connectivity index (χ3v) is 3.34. The largest absolute Gasteiger partial charge is 0.506 e. The molecule has 0 fully saturated rings. The van der Waals surface area contributed by atoms with E-state index in [0.29, 0.717) is 12.1 Å². The lowest BCUT2D eigenvalue weighted by Crippen LogP contribution is -2.25. The average Bonchev–Trinajstić information content (AvgIpc) is 2.91. The van der Waals surface area contributed by atoms with Gasteiger partial charge >= 0.3 is 0 Å². The smallest absolute Gasteiger partial charge is 0.252 e. The minimum Gasteiger partial charge on any atom is -0.506 e. The van der Waals surface area contributed by atoms with Gasteiger partial charge in [0.05, 0.1) is 11.8 Å². The molecular formula is C16H15N3O2. The van der Waals surface area contributed by atoms with Gasteiger partial charge in [0.2, 0.25) is 0 Å². The van der Waals surface area contributed by atoms with Crippen LogP contribution in [-0.2, 0) is 6.42 Å². The van der Waals surface area contributed by atoms with Crippen LogP contribution in [0.25, 0.3) is 10.9 Å². The Morgan fingerprint density at radius 2 is 2.14 bits per heavy atom. The van der Waals surface area contributed by atoms with E-state index >= 15 is 0 Å². The van der Waals surface area contributed by atoms with Crippen LogP contribution in [0.4, 0.5) is 0 Å². The van der Waals surface area contributed by atoms with Crippen molar-refractivity contribution in [2.75, 3.05) is 6.54 Å². The number of carbonyl (C=O) groups is 1. The Morgan fingerprint density at radius 1 is 1.29 bits per heavy atom. The highest BCUT2D eigenvalue weighted by Gasteiger charge is 2.07. The molecule has 0 radical (unpaired) electrons. The molecule has 5 nitrogen and oxygen atoms in total. The van der Waals surface area contributed by atoms with Crippen molar-refractivity contribution in [2.45, 2.75) is 6.42 Å². The van der Waals surface area contributed by atoms with Gasteiger partial charge < -0.3 is 15.4 Å². The second-order valence-corrected chi connectivity index (χ2v) is 4.80. The first-order valence-corrected chi connectivity index (χ1v) is 6.71. The molecule has 1 aromatic carbocycles. The minimum atomic E-state index is -0.238. The van der Waals surface area contributed by atoms with Crippen LogP contribution >= 0.6 is 0 Å². The van der Waals surface area contributed by atoms with Gasteiger partial charge in [-0.05, 0) is 24.1 Å². The number of aromatic amines is 1. The summed E-state index contributed by atoms with van der Waals surface area (Å²) in [5.74, 6) is -0.252. The van der Waals surface area contributed by atoms with Crippen LogP contribution in [0, 0.1) is 0 Å². The van der Waals surface area contributed by atoms with E-state index in [2.05, 4.69) is 21.4 Å². The van der Waals surface area contributed by atoms with Gasteiger partial charge in [-0.25, -0.2) is 0 Å². The van der Waals surface area contributed by atoms with Gasteiger partial charge in [0, 0.05) is 29.8 Å². The van der Waals surface area contributed by atoms with E-state index in [-0.39, 0.29) is 11.7 Å². The molecule has 0 atom stereocenters. The second kappa shape index (κ2) is 5.66. The van der Waals surface area contributed by atoms with Crippen molar-refractivity contribution >= 4 is 16.8 Å². The van der Waals surface area contributed by atoms with Crippen LogP contribution in [0.2, 0.25) is 0 Å². The number of nitrogens with zero attached hydrogens (tertiary/aromatic N) is 1. The summed E-state index contributed by atoms with van der Waals surface area (Å²) in [6.07, 6.45) is 5.43. The Hall–Kier alpha value is -2.82. The molecule has 0 aliphatic carbocycles. The number of benzene rings is 1. The van der Waals surface area contributed by atoms with Gasteiger partial charge in [0.15, 0.2) is 0 Å². The summed E-state index contributed by atoms with van der Waals surface area (Å²) in [5, 5.41) is 13.3. The van der Waals surface area contributed by atoms with Gasteiger partial charge in [-0.3, -0.25) is 9.78 Å². The van der Waals surface area contributed by atoms with Crippen molar-refractivity contribution in [3.8, 4) is 5.75 Å². The number of pyridine rings is 1. The van der Waals surface area contributed by atoms with Crippen molar-refractivity contribution < 1.29 is 9.90 Å². The number of aromatic nitrogens is 2. The second-order valence-electron chi connectivity index (χ2n) is 4.80. The van der Waals surface area contributed by atoms with Crippen LogP contribution in [-0.4, -0.2) is 27.5 Å². The van der Waals surface area contributed by atoms with E-state index < -0.39 is 0 Å². The van der Waals surface area contributed by atoms with Crippen LogP contribution < -0.4 is 5.32 Å². The van der Waals surface area contributed by atoms with E-state index in [1.807, 2.05) is 24.4 Å². The quantitative estimate of drug-likeness (QED) is 0.686. The summed E-state index contributed by atoms with van der Waals surface area (Å²) < 4.78 is 0. The molecule has 0 spiro atoms. The van der Waals surface area contributed by atoms with Crippen molar-refractivity contribution in [3.05, 3.63) is 60.0 Å². The zero-order valence-corrected chi connectivity index (χ0v) is 11.3. The highest BCUT2D eigenvalue weighted by atomic mass is 16.3. The van der Waals surface area contributed by atoms with E-state index in [9.17, 15) is 9.90 Å². The number of nitrogens with one attached hydrogen (secondary N) is 2. The summed E-state index contributed by atoms with van der Waals surface area (Å²) >= 11 is 0. The Labute approximate surface area is 121 Å². The first-order chi connectivity index (χ1) is 10.2. The van der Waals surface area contributed by atoms with Crippen LogP contribution in [0.1, 0.15) is 15.9 Å². The van der Waals surface area contributed by atoms with E-state index in [1.54, 1.807) is 0 Å². The Balaban J connectivity index is 1.62. The molecule has 0 saturated heterocycles. The highest BCUT2D eigenvalue weighted by Crippen LogP contribution is 2.17. The molecule has 0 unspecified atom stereocenters. The zero-order valence-electron chi connectivity index (χ0n) is 11.3. The molecule has 0 aliphatic rings. The van der Waals surface area contributed by atoms with Crippen molar-refractivity contribution in [2.24, 2.45) is 0 Å². The SMILES string of the molecule is O=C(NCCc1c[nH]c2ccccc12)c1cncc(O)c1. The number of carbonyl (C=O) groups excluding carboxylic acids is 1. The fourth-order valence-electron chi connectivity index (χ4n) is 2.30. The topological polar surface area (TPSA) is 78.0 Å². The number of H-pyrrole nitrogens is 1. The fraction of sp³-hybridized carbons (Fsp3) is 0.125. The molecule has 0 saturated carbocycles. The lowest BCUT2D eigenvalue weighted by atomic mass is 10.1. The van der Waals surface area contributed by atoms with E-state index in [4.69, 9.17) is 0 Å². The fourth-order valence-corrected chi connectivity index (χ4v) is 2.30. The normalized spacial score (nSPS) is 10.7.